The van der Waals surface area contributed by atoms with E-state index in [1.807, 2.05) is 39.1 Å². The summed E-state index contributed by atoms with van der Waals surface area (Å²) < 4.78 is 0. The molecule has 3 fully saturated rings. The molecule has 4 rings (SSSR count). The first-order valence-electron chi connectivity index (χ1n) is 15.9. The number of primary amides is 1. The Morgan fingerprint density at radius 2 is 1.77 bits per heavy atom. The molecule has 10 nitrogen and oxygen atoms in total. The summed E-state index contributed by atoms with van der Waals surface area (Å²) in [5.74, 6) is -2.50. The monoisotopic (exact) mass is 615 g/mol. The molecule has 0 bridgehead atoms. The van der Waals surface area contributed by atoms with E-state index in [1.54, 1.807) is 16.2 Å². The fraction of sp³-hybridized carbons (Fsp3) is 0.719. The molecule has 1 aromatic heterocycles. The minimum atomic E-state index is -1.07. The number of nitrogens with zero attached hydrogens (tertiary/aromatic N) is 1. The van der Waals surface area contributed by atoms with E-state index in [0.29, 0.717) is 25.8 Å². The number of ketones is 1. The number of urea groups is 1. The highest BCUT2D eigenvalue weighted by molar-refractivity contribution is 7.09. The van der Waals surface area contributed by atoms with Gasteiger partial charge in [0, 0.05) is 23.4 Å². The molecule has 0 radical (unpaired) electrons. The minimum Gasteiger partial charge on any atom is -0.363 e. The summed E-state index contributed by atoms with van der Waals surface area (Å²) in [5.41, 5.74) is 4.28. The highest BCUT2D eigenvalue weighted by Crippen LogP contribution is 2.35. The van der Waals surface area contributed by atoms with Crippen LogP contribution in [0.15, 0.2) is 17.5 Å². The number of amides is 5. The number of Topliss-reactive ketones (excluding diaryl/α,β-unsaturated/α-hetero) is 1. The van der Waals surface area contributed by atoms with Crippen molar-refractivity contribution in [1.82, 2.24) is 20.9 Å². The van der Waals surface area contributed by atoms with Gasteiger partial charge in [-0.05, 0) is 54.4 Å². The zero-order valence-electron chi connectivity index (χ0n) is 26.1. The molecule has 2 saturated carbocycles. The molecule has 2 heterocycles. The first kappa shape index (κ1) is 33.0. The molecule has 3 aliphatic rings. The lowest BCUT2D eigenvalue weighted by Crippen LogP contribution is -2.63. The third-order valence-electron chi connectivity index (χ3n) is 9.41. The topological polar surface area (TPSA) is 151 Å². The van der Waals surface area contributed by atoms with Crippen LogP contribution < -0.4 is 21.7 Å². The molecule has 4 atom stereocenters. The molecule has 11 heteroatoms. The van der Waals surface area contributed by atoms with E-state index in [-0.39, 0.29) is 29.3 Å². The number of likely N-dealkylation sites (tertiary alicyclic amines) is 1. The van der Waals surface area contributed by atoms with Crippen molar-refractivity contribution < 1.29 is 24.0 Å². The van der Waals surface area contributed by atoms with Crippen LogP contribution in [0.5, 0.6) is 0 Å². The van der Waals surface area contributed by atoms with Gasteiger partial charge >= 0.3 is 6.03 Å². The number of rotatable bonds is 12. The quantitative estimate of drug-likeness (QED) is 0.265. The van der Waals surface area contributed by atoms with Crippen LogP contribution >= 0.6 is 11.3 Å². The van der Waals surface area contributed by atoms with Crippen molar-refractivity contribution in [2.24, 2.45) is 23.0 Å². The third-order valence-corrected chi connectivity index (χ3v) is 10.3. The standard InChI is InChI=1S/C32H49N5O5S/c1-5-21-13-16-37(24(21)28(40)34-23(18-20-11-12-20)25(38)27(33)39)29(41)26(31(2,3)4)35-30(42)36-32(14-7-6-8-15-32)19-22-10-9-17-43-22/h9-10,17,20-21,23-24,26H,5-8,11-16,18-19H2,1-4H3,(H2,33,39)(H,34,40)(H2,35,36,42)/t21-,23?,24-,26+/m0/s1. The van der Waals surface area contributed by atoms with Crippen LogP contribution in [-0.4, -0.2) is 64.6 Å². The summed E-state index contributed by atoms with van der Waals surface area (Å²) in [5, 5.41) is 11.1. The summed E-state index contributed by atoms with van der Waals surface area (Å²) in [4.78, 5) is 68.6. The molecule has 43 heavy (non-hydrogen) atoms. The first-order valence-corrected chi connectivity index (χ1v) is 16.8. The van der Waals surface area contributed by atoms with Crippen LogP contribution in [0.2, 0.25) is 0 Å². The highest BCUT2D eigenvalue weighted by Gasteiger charge is 2.47. The van der Waals surface area contributed by atoms with Crippen LogP contribution in [0.1, 0.15) is 96.8 Å². The Kier molecular flexibility index (Phi) is 10.6. The van der Waals surface area contributed by atoms with Crippen molar-refractivity contribution in [2.45, 2.75) is 122 Å². The molecule has 1 unspecified atom stereocenters. The summed E-state index contributed by atoms with van der Waals surface area (Å²) >= 11 is 1.68. The molecule has 1 aliphatic heterocycles. The third kappa shape index (κ3) is 8.37. The van der Waals surface area contributed by atoms with E-state index in [4.69, 9.17) is 5.73 Å². The maximum Gasteiger partial charge on any atom is 0.315 e. The van der Waals surface area contributed by atoms with Gasteiger partial charge in [0.1, 0.15) is 12.1 Å². The lowest BCUT2D eigenvalue weighted by Gasteiger charge is -2.40. The van der Waals surface area contributed by atoms with E-state index >= 15 is 0 Å². The molecule has 238 valence electrons. The lowest BCUT2D eigenvalue weighted by atomic mass is 9.79. The Labute approximate surface area is 259 Å². The van der Waals surface area contributed by atoms with Crippen molar-refractivity contribution in [3.8, 4) is 0 Å². The van der Waals surface area contributed by atoms with Crippen molar-refractivity contribution >= 4 is 40.9 Å². The average Bonchev–Trinajstić information content (AvgIpc) is 3.42. The Morgan fingerprint density at radius 3 is 2.33 bits per heavy atom. The van der Waals surface area contributed by atoms with Gasteiger partial charge < -0.3 is 26.6 Å². The molecule has 2 aliphatic carbocycles. The molecule has 0 spiro atoms. The average molecular weight is 616 g/mol. The fourth-order valence-electron chi connectivity index (χ4n) is 6.78. The largest absolute Gasteiger partial charge is 0.363 e. The number of nitrogens with one attached hydrogen (secondary N) is 3. The lowest BCUT2D eigenvalue weighted by molar-refractivity contribution is -0.144. The number of hydrogen-bond donors (Lipinski definition) is 4. The molecule has 1 aromatic rings. The van der Waals surface area contributed by atoms with Gasteiger partial charge in [0.2, 0.25) is 17.6 Å². The number of carbonyl (C=O) groups is 5. The number of hydrogen-bond acceptors (Lipinski definition) is 6. The van der Waals surface area contributed by atoms with Crippen LogP contribution in [0.25, 0.3) is 0 Å². The van der Waals surface area contributed by atoms with Crippen LogP contribution in [0.4, 0.5) is 4.79 Å². The Morgan fingerprint density at radius 1 is 1.07 bits per heavy atom. The summed E-state index contributed by atoms with van der Waals surface area (Å²) in [6, 6.07) is 1.06. The maximum atomic E-state index is 14.2. The molecular weight excluding hydrogens is 566 g/mol. The van der Waals surface area contributed by atoms with Crippen molar-refractivity contribution in [3.63, 3.8) is 0 Å². The first-order chi connectivity index (χ1) is 20.3. The predicted octanol–water partition coefficient (Wildman–Crippen LogP) is 3.67. The van der Waals surface area contributed by atoms with Gasteiger partial charge in [-0.2, -0.15) is 0 Å². The fourth-order valence-corrected chi connectivity index (χ4v) is 7.63. The van der Waals surface area contributed by atoms with E-state index < -0.39 is 41.1 Å². The summed E-state index contributed by atoms with van der Waals surface area (Å²) in [7, 11) is 0. The van der Waals surface area contributed by atoms with Gasteiger partial charge in [-0.1, -0.05) is 72.3 Å². The van der Waals surface area contributed by atoms with Gasteiger partial charge in [0.05, 0.1) is 6.04 Å². The van der Waals surface area contributed by atoms with Gasteiger partial charge in [-0.15, -0.1) is 11.3 Å². The number of thiophene rings is 1. The molecule has 1 saturated heterocycles. The Hall–Kier alpha value is -2.95. The number of carbonyl (C=O) groups excluding carboxylic acids is 5. The molecule has 5 N–H and O–H groups in total. The normalized spacial score (nSPS) is 23.2. The Bertz CT molecular complexity index is 1170. The zero-order valence-corrected chi connectivity index (χ0v) is 26.9. The van der Waals surface area contributed by atoms with Crippen LogP contribution in [-0.2, 0) is 25.6 Å². The summed E-state index contributed by atoms with van der Waals surface area (Å²) in [6.07, 6.45) is 9.28. The van der Waals surface area contributed by atoms with E-state index in [1.165, 1.54) is 4.88 Å². The van der Waals surface area contributed by atoms with E-state index in [2.05, 4.69) is 22.0 Å². The molecule has 5 amide bonds. The van der Waals surface area contributed by atoms with Crippen molar-refractivity contribution in [3.05, 3.63) is 22.4 Å². The maximum absolute atomic E-state index is 14.2. The highest BCUT2D eigenvalue weighted by atomic mass is 32.1. The second-order valence-corrected chi connectivity index (χ2v) is 14.9. The second kappa shape index (κ2) is 13.8. The SMILES string of the molecule is CC[C@H]1CCN(C(=O)[C@@H](NC(=O)NC2(Cc3cccs3)CCCCC2)C(C)(C)C)[C@@H]1C(=O)NC(CC1CC1)C(=O)C(N)=O. The van der Waals surface area contributed by atoms with Gasteiger partial charge in [-0.3, -0.25) is 19.2 Å². The van der Waals surface area contributed by atoms with Gasteiger partial charge in [-0.25, -0.2) is 4.79 Å². The minimum absolute atomic E-state index is 0.111. The van der Waals surface area contributed by atoms with Crippen LogP contribution in [0.3, 0.4) is 0 Å². The predicted molar refractivity (Wildman–Crippen MR) is 166 cm³/mol. The van der Waals surface area contributed by atoms with Crippen molar-refractivity contribution in [2.75, 3.05) is 6.54 Å². The second-order valence-electron chi connectivity index (χ2n) is 13.9. The zero-order chi connectivity index (χ0) is 31.4. The smallest absolute Gasteiger partial charge is 0.315 e. The Balaban J connectivity index is 1.50. The van der Waals surface area contributed by atoms with Crippen molar-refractivity contribution in [1.29, 1.82) is 0 Å². The number of nitrogens with two attached hydrogens (primary N) is 1. The van der Waals surface area contributed by atoms with Gasteiger partial charge in [0.15, 0.2) is 0 Å². The van der Waals surface area contributed by atoms with E-state index in [0.717, 1.165) is 51.4 Å². The van der Waals surface area contributed by atoms with E-state index in [9.17, 15) is 24.0 Å². The molecular formula is C32H49N5O5S. The van der Waals surface area contributed by atoms with Gasteiger partial charge in [0.25, 0.3) is 5.91 Å². The molecule has 0 aromatic carbocycles. The van der Waals surface area contributed by atoms with Crippen LogP contribution in [0, 0.1) is 17.3 Å². The summed E-state index contributed by atoms with van der Waals surface area (Å²) in [6.45, 7) is 8.04.